The highest BCUT2D eigenvalue weighted by atomic mass is 19.1. The summed E-state index contributed by atoms with van der Waals surface area (Å²) in [5, 5.41) is 16.0. The maximum atomic E-state index is 14.4. The average molecular weight is 383 g/mol. The minimum absolute atomic E-state index is 0.156. The Labute approximate surface area is 164 Å². The maximum Gasteiger partial charge on any atom is 0.224 e. The van der Waals surface area contributed by atoms with Crippen LogP contribution in [0.25, 0.3) is 0 Å². The summed E-state index contributed by atoms with van der Waals surface area (Å²) in [6, 6.07) is 7.00. The quantitative estimate of drug-likeness (QED) is 0.791. The number of amides is 1. The average Bonchev–Trinajstić information content (AvgIpc) is 3.27. The van der Waals surface area contributed by atoms with Crippen LogP contribution in [0.15, 0.2) is 18.2 Å². The molecule has 148 valence electrons. The predicted molar refractivity (Wildman–Crippen MR) is 107 cm³/mol. The number of aromatic nitrogens is 2. The van der Waals surface area contributed by atoms with Crippen LogP contribution in [0.1, 0.15) is 42.6 Å². The van der Waals surface area contributed by atoms with Crippen molar-refractivity contribution in [3.8, 4) is 6.07 Å². The van der Waals surface area contributed by atoms with Crippen LogP contribution < -0.4 is 10.2 Å². The first-order valence-corrected chi connectivity index (χ1v) is 9.73. The van der Waals surface area contributed by atoms with Crippen molar-refractivity contribution >= 4 is 17.3 Å². The molecule has 0 unspecified atom stereocenters. The van der Waals surface area contributed by atoms with Gasteiger partial charge in [-0.1, -0.05) is 0 Å². The van der Waals surface area contributed by atoms with Crippen molar-refractivity contribution in [1.82, 2.24) is 9.78 Å². The smallest absolute Gasteiger partial charge is 0.224 e. The van der Waals surface area contributed by atoms with Gasteiger partial charge in [0.15, 0.2) is 0 Å². The van der Waals surface area contributed by atoms with E-state index in [4.69, 9.17) is 5.26 Å². The Bertz CT molecular complexity index is 893. The van der Waals surface area contributed by atoms with Crippen molar-refractivity contribution in [3.05, 3.63) is 41.0 Å². The van der Waals surface area contributed by atoms with Crippen LogP contribution in [0.5, 0.6) is 0 Å². The molecule has 0 radical (unpaired) electrons. The number of carbonyl (C=O) groups is 1. The monoisotopic (exact) mass is 383 g/mol. The van der Waals surface area contributed by atoms with Crippen molar-refractivity contribution in [1.29, 1.82) is 5.26 Å². The minimum atomic E-state index is -0.301. The van der Waals surface area contributed by atoms with E-state index in [0.717, 1.165) is 42.9 Å². The molecule has 7 heteroatoms. The molecule has 0 spiro atoms. The normalized spacial score (nSPS) is 13.6. The molecule has 0 atom stereocenters. The lowest BCUT2D eigenvalue weighted by Gasteiger charge is -2.18. The highest BCUT2D eigenvalue weighted by molar-refractivity contribution is 5.91. The van der Waals surface area contributed by atoms with E-state index >= 15 is 0 Å². The Morgan fingerprint density at radius 2 is 2.07 bits per heavy atom. The molecule has 0 bridgehead atoms. The molecule has 28 heavy (non-hydrogen) atoms. The highest BCUT2D eigenvalue weighted by Gasteiger charge is 2.17. The van der Waals surface area contributed by atoms with Crippen LogP contribution in [0.4, 0.5) is 15.8 Å². The Hall–Kier alpha value is -2.88. The van der Waals surface area contributed by atoms with Gasteiger partial charge < -0.3 is 10.2 Å². The molecule has 6 nitrogen and oxygen atoms in total. The van der Waals surface area contributed by atoms with E-state index in [1.807, 2.05) is 23.4 Å². The summed E-state index contributed by atoms with van der Waals surface area (Å²) in [7, 11) is 0. The predicted octanol–water partition coefficient (Wildman–Crippen LogP) is 3.72. The number of benzene rings is 1. The third-order valence-electron chi connectivity index (χ3n) is 5.25. The summed E-state index contributed by atoms with van der Waals surface area (Å²) < 4.78 is 16.2. The minimum Gasteiger partial charge on any atom is -0.369 e. The first-order valence-electron chi connectivity index (χ1n) is 9.73. The molecule has 1 aromatic carbocycles. The zero-order valence-electron chi connectivity index (χ0n) is 16.5. The molecule has 1 N–H and O–H groups in total. The number of nitrogens with zero attached hydrogens (tertiary/aromatic N) is 4. The highest BCUT2D eigenvalue weighted by Crippen LogP contribution is 2.26. The van der Waals surface area contributed by atoms with Crippen LogP contribution >= 0.6 is 0 Å². The summed E-state index contributed by atoms with van der Waals surface area (Å²) in [6.45, 7) is 6.18. The molecule has 1 aromatic heterocycles. The molecular weight excluding hydrogens is 357 g/mol. The molecule has 0 saturated carbocycles. The lowest BCUT2D eigenvalue weighted by atomic mass is 10.1. The van der Waals surface area contributed by atoms with Crippen molar-refractivity contribution in [3.63, 3.8) is 0 Å². The third-order valence-corrected chi connectivity index (χ3v) is 5.25. The van der Waals surface area contributed by atoms with E-state index in [9.17, 15) is 9.18 Å². The van der Waals surface area contributed by atoms with E-state index in [-0.39, 0.29) is 11.7 Å². The van der Waals surface area contributed by atoms with Gasteiger partial charge in [-0.05, 0) is 56.9 Å². The number of anilines is 2. The van der Waals surface area contributed by atoms with Crippen molar-refractivity contribution < 1.29 is 9.18 Å². The first kappa shape index (κ1) is 19.9. The fourth-order valence-corrected chi connectivity index (χ4v) is 3.73. The van der Waals surface area contributed by atoms with E-state index in [0.29, 0.717) is 37.2 Å². The zero-order chi connectivity index (χ0) is 20.1. The Morgan fingerprint density at radius 1 is 1.32 bits per heavy atom. The Morgan fingerprint density at radius 3 is 2.75 bits per heavy atom. The van der Waals surface area contributed by atoms with Crippen LogP contribution in [0, 0.1) is 31.0 Å². The first-order chi connectivity index (χ1) is 13.5. The van der Waals surface area contributed by atoms with Gasteiger partial charge in [-0.2, -0.15) is 10.4 Å². The van der Waals surface area contributed by atoms with E-state index in [1.54, 1.807) is 12.1 Å². The number of hydrogen-bond acceptors (Lipinski definition) is 4. The Kier molecular flexibility index (Phi) is 6.30. The molecule has 1 aliphatic heterocycles. The molecule has 0 aliphatic carbocycles. The van der Waals surface area contributed by atoms with E-state index in [2.05, 4.69) is 16.5 Å². The number of nitriles is 1. The number of nitrogens with one attached hydrogen (secondary N) is 1. The molecular formula is C21H26FN5O. The topological polar surface area (TPSA) is 73.9 Å². The summed E-state index contributed by atoms with van der Waals surface area (Å²) in [5.74, 6) is -0.456. The second kappa shape index (κ2) is 8.87. The van der Waals surface area contributed by atoms with Crippen molar-refractivity contribution in [2.45, 2.75) is 52.5 Å². The number of aryl methyl sites for hydroxylation is 2. The fraction of sp³-hybridized carbons (Fsp3) is 0.476. The standard InChI is InChI=1S/C21H26FN5O/c1-15-18(16(2)27(25-15)13-5-10-23)7-9-21(28)24-17-6-8-20(19(22)14-17)26-11-3-4-12-26/h6,8,14H,3-5,7,9,11-13H2,1-2H3,(H,24,28). The van der Waals surface area contributed by atoms with Crippen LogP contribution in [-0.4, -0.2) is 28.8 Å². The summed E-state index contributed by atoms with van der Waals surface area (Å²) in [6.07, 6.45) is 3.43. The largest absolute Gasteiger partial charge is 0.369 e. The van der Waals surface area contributed by atoms with Gasteiger partial charge in [-0.3, -0.25) is 9.48 Å². The third kappa shape index (κ3) is 4.50. The van der Waals surface area contributed by atoms with Crippen LogP contribution in [0.3, 0.4) is 0 Å². The lowest BCUT2D eigenvalue weighted by Crippen LogP contribution is -2.19. The molecule has 2 heterocycles. The van der Waals surface area contributed by atoms with Crippen molar-refractivity contribution in [2.75, 3.05) is 23.3 Å². The molecule has 1 fully saturated rings. The second-order valence-electron chi connectivity index (χ2n) is 7.19. The van der Waals surface area contributed by atoms with E-state index in [1.165, 1.54) is 6.07 Å². The molecule has 2 aromatic rings. The lowest BCUT2D eigenvalue weighted by molar-refractivity contribution is -0.116. The van der Waals surface area contributed by atoms with Gasteiger partial charge in [-0.25, -0.2) is 4.39 Å². The van der Waals surface area contributed by atoms with Gasteiger partial charge >= 0.3 is 0 Å². The van der Waals surface area contributed by atoms with Crippen molar-refractivity contribution in [2.24, 2.45) is 0 Å². The van der Waals surface area contributed by atoms with E-state index < -0.39 is 0 Å². The van der Waals surface area contributed by atoms with Gasteiger partial charge in [0.25, 0.3) is 0 Å². The Balaban J connectivity index is 1.58. The molecule has 1 saturated heterocycles. The number of halogens is 1. The number of carbonyl (C=O) groups excluding carboxylic acids is 1. The van der Waals surface area contributed by atoms with Gasteiger partial charge in [0, 0.05) is 30.9 Å². The fourth-order valence-electron chi connectivity index (χ4n) is 3.73. The summed E-state index contributed by atoms with van der Waals surface area (Å²) in [5.41, 5.74) is 3.98. The molecule has 1 aliphatic rings. The summed E-state index contributed by atoms with van der Waals surface area (Å²) in [4.78, 5) is 14.4. The summed E-state index contributed by atoms with van der Waals surface area (Å²) >= 11 is 0. The second-order valence-corrected chi connectivity index (χ2v) is 7.19. The van der Waals surface area contributed by atoms with Gasteiger partial charge in [0.2, 0.25) is 5.91 Å². The number of hydrogen-bond donors (Lipinski definition) is 1. The molecule has 3 rings (SSSR count). The maximum absolute atomic E-state index is 14.4. The SMILES string of the molecule is Cc1nn(CCC#N)c(C)c1CCC(=O)Nc1ccc(N2CCCC2)c(F)c1. The van der Waals surface area contributed by atoms with Crippen LogP contribution in [-0.2, 0) is 17.8 Å². The number of rotatable bonds is 7. The van der Waals surface area contributed by atoms with Gasteiger partial charge in [0.05, 0.1) is 30.4 Å². The van der Waals surface area contributed by atoms with Gasteiger partial charge in [0.1, 0.15) is 5.82 Å². The zero-order valence-corrected chi connectivity index (χ0v) is 16.5. The molecule has 1 amide bonds. The van der Waals surface area contributed by atoms with Crippen LogP contribution in [0.2, 0.25) is 0 Å². The van der Waals surface area contributed by atoms with Gasteiger partial charge in [-0.15, -0.1) is 0 Å².